The Balaban J connectivity index is 0.000000366. The Bertz CT molecular complexity index is 228. The molecule has 1 saturated carbocycles. The van der Waals surface area contributed by atoms with Crippen molar-refractivity contribution >= 4 is 6.47 Å². The van der Waals surface area contributed by atoms with Gasteiger partial charge in [-0.15, -0.1) is 0 Å². The summed E-state index contributed by atoms with van der Waals surface area (Å²) in [6, 6.07) is 0. The molecule has 0 radical (unpaired) electrons. The second-order valence-corrected chi connectivity index (χ2v) is 4.69. The molecule has 2 atom stereocenters. The molecule has 1 aliphatic heterocycles. The van der Waals surface area contributed by atoms with Crippen molar-refractivity contribution in [3.63, 3.8) is 0 Å². The molecule has 2 aliphatic rings. The van der Waals surface area contributed by atoms with Crippen LogP contribution in [-0.2, 0) is 9.53 Å². The summed E-state index contributed by atoms with van der Waals surface area (Å²) in [7, 11) is 0. The van der Waals surface area contributed by atoms with Crippen LogP contribution in [0.15, 0.2) is 12.3 Å². The fourth-order valence-corrected chi connectivity index (χ4v) is 2.67. The highest BCUT2D eigenvalue weighted by molar-refractivity contribution is 5.32. The SMILES string of the molecule is C=C1CC2(CCCC2CC)O1.CCC.O=CO. The first-order chi connectivity index (χ1) is 8.10. The topological polar surface area (TPSA) is 46.5 Å². The molecule has 3 nitrogen and oxygen atoms in total. The lowest BCUT2D eigenvalue weighted by Gasteiger charge is -2.45. The van der Waals surface area contributed by atoms with Crippen LogP contribution in [0, 0.1) is 5.92 Å². The number of ether oxygens (including phenoxy) is 1. The molecule has 0 bridgehead atoms. The Hall–Kier alpha value is -0.990. The Morgan fingerprint density at radius 3 is 2.35 bits per heavy atom. The Kier molecular flexibility index (Phi) is 7.68. The predicted molar refractivity (Wildman–Crippen MR) is 69.9 cm³/mol. The highest BCUT2D eigenvalue weighted by Gasteiger charge is 2.50. The minimum Gasteiger partial charge on any atom is -0.491 e. The van der Waals surface area contributed by atoms with Crippen molar-refractivity contribution in [1.82, 2.24) is 0 Å². The van der Waals surface area contributed by atoms with Crippen molar-refractivity contribution in [2.24, 2.45) is 5.92 Å². The average Bonchev–Trinajstić information content (AvgIpc) is 2.63. The van der Waals surface area contributed by atoms with E-state index in [4.69, 9.17) is 14.6 Å². The maximum atomic E-state index is 8.36. The van der Waals surface area contributed by atoms with Gasteiger partial charge in [0.25, 0.3) is 6.47 Å². The van der Waals surface area contributed by atoms with E-state index in [1.54, 1.807) is 0 Å². The summed E-state index contributed by atoms with van der Waals surface area (Å²) in [4.78, 5) is 8.36. The molecule has 1 heterocycles. The third-order valence-electron chi connectivity index (χ3n) is 3.23. The summed E-state index contributed by atoms with van der Waals surface area (Å²) in [6.45, 7) is 10.1. The van der Waals surface area contributed by atoms with E-state index in [9.17, 15) is 0 Å². The van der Waals surface area contributed by atoms with Crippen molar-refractivity contribution in [3.05, 3.63) is 12.3 Å². The summed E-state index contributed by atoms with van der Waals surface area (Å²) in [5.74, 6) is 1.82. The van der Waals surface area contributed by atoms with Gasteiger partial charge in [0.05, 0.1) is 5.76 Å². The molecule has 17 heavy (non-hydrogen) atoms. The fraction of sp³-hybridized carbons (Fsp3) is 0.786. The highest BCUT2D eigenvalue weighted by atomic mass is 16.5. The van der Waals surface area contributed by atoms with E-state index < -0.39 is 0 Å². The predicted octanol–water partition coefficient (Wildman–Crippen LogP) is 3.99. The molecular weight excluding hydrogens is 216 g/mol. The maximum absolute atomic E-state index is 8.36. The zero-order chi connectivity index (χ0) is 13.3. The first-order valence-corrected chi connectivity index (χ1v) is 6.54. The molecule has 2 rings (SSSR count). The molecular formula is C14H26O3. The van der Waals surface area contributed by atoms with Gasteiger partial charge in [-0.25, -0.2) is 0 Å². The Morgan fingerprint density at radius 2 is 2.00 bits per heavy atom. The van der Waals surface area contributed by atoms with E-state index in [0.717, 1.165) is 18.1 Å². The van der Waals surface area contributed by atoms with E-state index in [2.05, 4.69) is 27.4 Å². The quantitative estimate of drug-likeness (QED) is 0.707. The van der Waals surface area contributed by atoms with Crippen LogP contribution >= 0.6 is 0 Å². The zero-order valence-corrected chi connectivity index (χ0v) is 11.4. The van der Waals surface area contributed by atoms with Crippen LogP contribution in [0.1, 0.15) is 59.3 Å². The molecule has 0 amide bonds. The standard InChI is InChI=1S/C10H16O.C3H8.CH2O2/c1-3-9-5-4-6-10(9)7-8(2)11-10;1-3-2;2-1-3/h9H,2-7H2,1H3;3H2,1-2H3;1H,(H,2,3). The Labute approximate surface area is 105 Å². The van der Waals surface area contributed by atoms with Crippen LogP contribution < -0.4 is 0 Å². The maximum Gasteiger partial charge on any atom is 0.290 e. The summed E-state index contributed by atoms with van der Waals surface area (Å²) in [5.41, 5.74) is 0.256. The number of hydrogen-bond donors (Lipinski definition) is 1. The minimum absolute atomic E-state index is 0.250. The lowest BCUT2D eigenvalue weighted by atomic mass is 9.81. The molecule has 1 aliphatic carbocycles. The van der Waals surface area contributed by atoms with E-state index >= 15 is 0 Å². The van der Waals surface area contributed by atoms with Crippen LogP contribution in [0.4, 0.5) is 0 Å². The van der Waals surface area contributed by atoms with Crippen LogP contribution in [0.2, 0.25) is 0 Å². The molecule has 100 valence electrons. The number of carboxylic acid groups (broad SMARTS) is 1. The largest absolute Gasteiger partial charge is 0.491 e. The smallest absolute Gasteiger partial charge is 0.290 e. The molecule has 0 aromatic rings. The average molecular weight is 242 g/mol. The van der Waals surface area contributed by atoms with E-state index in [-0.39, 0.29) is 12.1 Å². The van der Waals surface area contributed by atoms with Crippen molar-refractivity contribution in [2.75, 3.05) is 0 Å². The molecule has 1 spiro atoms. The van der Waals surface area contributed by atoms with Gasteiger partial charge in [0.2, 0.25) is 0 Å². The number of hydrogen-bond acceptors (Lipinski definition) is 2. The van der Waals surface area contributed by atoms with Gasteiger partial charge < -0.3 is 9.84 Å². The first kappa shape index (κ1) is 16.0. The first-order valence-electron chi connectivity index (χ1n) is 6.54. The fourth-order valence-electron chi connectivity index (χ4n) is 2.67. The van der Waals surface area contributed by atoms with E-state index in [1.165, 1.54) is 32.1 Å². The van der Waals surface area contributed by atoms with Gasteiger partial charge in [-0.2, -0.15) is 0 Å². The lowest BCUT2D eigenvalue weighted by Crippen LogP contribution is -2.44. The van der Waals surface area contributed by atoms with Gasteiger partial charge in [0.1, 0.15) is 5.60 Å². The van der Waals surface area contributed by atoms with E-state index in [0.29, 0.717) is 0 Å². The molecule has 0 aromatic carbocycles. The van der Waals surface area contributed by atoms with Gasteiger partial charge in [-0.1, -0.05) is 33.8 Å². The van der Waals surface area contributed by atoms with Crippen LogP contribution in [0.5, 0.6) is 0 Å². The van der Waals surface area contributed by atoms with Crippen molar-refractivity contribution in [3.8, 4) is 0 Å². The molecule has 2 unspecified atom stereocenters. The monoisotopic (exact) mass is 242 g/mol. The molecule has 3 heteroatoms. The summed E-state index contributed by atoms with van der Waals surface area (Å²) >= 11 is 0. The Morgan fingerprint density at radius 1 is 1.53 bits per heavy atom. The molecule has 1 N–H and O–H groups in total. The van der Waals surface area contributed by atoms with Gasteiger partial charge in [0.15, 0.2) is 0 Å². The minimum atomic E-state index is -0.250. The van der Waals surface area contributed by atoms with Crippen LogP contribution in [0.25, 0.3) is 0 Å². The summed E-state index contributed by atoms with van der Waals surface area (Å²) in [5, 5.41) is 6.89. The van der Waals surface area contributed by atoms with Gasteiger partial charge in [0, 0.05) is 6.42 Å². The molecule has 2 fully saturated rings. The number of rotatable bonds is 1. The van der Waals surface area contributed by atoms with Gasteiger partial charge in [-0.3, -0.25) is 4.79 Å². The zero-order valence-electron chi connectivity index (χ0n) is 11.4. The van der Waals surface area contributed by atoms with Crippen molar-refractivity contribution < 1.29 is 14.6 Å². The second-order valence-electron chi connectivity index (χ2n) is 4.69. The summed E-state index contributed by atoms with van der Waals surface area (Å²) < 4.78 is 5.70. The van der Waals surface area contributed by atoms with Crippen LogP contribution in [0.3, 0.4) is 0 Å². The van der Waals surface area contributed by atoms with Gasteiger partial charge >= 0.3 is 0 Å². The third-order valence-corrected chi connectivity index (χ3v) is 3.23. The normalized spacial score (nSPS) is 29.1. The summed E-state index contributed by atoms with van der Waals surface area (Å²) in [6.07, 6.45) is 7.64. The molecule has 0 aromatic heterocycles. The highest BCUT2D eigenvalue weighted by Crippen LogP contribution is 2.51. The molecule has 1 saturated heterocycles. The van der Waals surface area contributed by atoms with Crippen molar-refractivity contribution in [1.29, 1.82) is 0 Å². The number of carbonyl (C=O) groups is 1. The van der Waals surface area contributed by atoms with Crippen LogP contribution in [-0.4, -0.2) is 17.2 Å². The van der Waals surface area contributed by atoms with Gasteiger partial charge in [-0.05, 0) is 31.6 Å². The lowest BCUT2D eigenvalue weighted by molar-refractivity contribution is -0.122. The third kappa shape index (κ3) is 4.41. The van der Waals surface area contributed by atoms with Crippen molar-refractivity contribution in [2.45, 2.75) is 64.9 Å². The second kappa shape index (κ2) is 8.15. The van der Waals surface area contributed by atoms with E-state index in [1.807, 2.05) is 0 Å².